The number of aromatic amines is 1. The molecule has 7 nitrogen and oxygen atoms in total. The molecule has 0 unspecified atom stereocenters. The number of ketones is 1. The lowest BCUT2D eigenvalue weighted by atomic mass is 10.0. The van der Waals surface area contributed by atoms with Crippen molar-refractivity contribution in [3.63, 3.8) is 0 Å². The van der Waals surface area contributed by atoms with Gasteiger partial charge in [-0.25, -0.2) is 5.48 Å². The smallest absolute Gasteiger partial charge is 0.272 e. The SMILES string of the molecule is CCc1c(C(=O)Nc2cccc(CCC(=O)NO)c2)[nH]c(C)c1C(C)=O. The lowest BCUT2D eigenvalue weighted by Crippen LogP contribution is -2.18. The summed E-state index contributed by atoms with van der Waals surface area (Å²) in [6.45, 7) is 5.17. The Morgan fingerprint density at radius 2 is 1.96 bits per heavy atom. The van der Waals surface area contributed by atoms with Gasteiger partial charge in [0.25, 0.3) is 5.91 Å². The van der Waals surface area contributed by atoms with E-state index < -0.39 is 5.91 Å². The van der Waals surface area contributed by atoms with E-state index in [0.29, 0.717) is 41.0 Å². The molecule has 0 fully saturated rings. The predicted octanol–water partition coefficient (Wildman–Crippen LogP) is 2.78. The molecule has 0 spiro atoms. The minimum Gasteiger partial charge on any atom is -0.354 e. The van der Waals surface area contributed by atoms with Gasteiger partial charge in [-0.15, -0.1) is 0 Å². The van der Waals surface area contributed by atoms with Crippen LogP contribution in [-0.2, 0) is 17.6 Å². The van der Waals surface area contributed by atoms with Gasteiger partial charge in [0.2, 0.25) is 5.91 Å². The number of rotatable bonds is 7. The van der Waals surface area contributed by atoms with Gasteiger partial charge in [0.15, 0.2) is 5.78 Å². The van der Waals surface area contributed by atoms with Crippen molar-refractivity contribution in [3.8, 4) is 0 Å². The second-order valence-electron chi connectivity index (χ2n) is 6.08. The van der Waals surface area contributed by atoms with Crippen molar-refractivity contribution >= 4 is 23.3 Å². The highest BCUT2D eigenvalue weighted by Gasteiger charge is 2.21. The highest BCUT2D eigenvalue weighted by atomic mass is 16.5. The van der Waals surface area contributed by atoms with Crippen LogP contribution in [0.15, 0.2) is 24.3 Å². The van der Waals surface area contributed by atoms with Crippen LogP contribution >= 0.6 is 0 Å². The van der Waals surface area contributed by atoms with Crippen LogP contribution in [-0.4, -0.2) is 27.8 Å². The fourth-order valence-electron chi connectivity index (χ4n) is 3.01. The quantitative estimate of drug-likeness (QED) is 0.347. The number of aromatic nitrogens is 1. The Hall–Kier alpha value is -2.93. The van der Waals surface area contributed by atoms with Crippen LogP contribution in [0.2, 0.25) is 0 Å². The molecular weight excluding hydrogens is 334 g/mol. The highest BCUT2D eigenvalue weighted by molar-refractivity contribution is 6.07. The van der Waals surface area contributed by atoms with Crippen LogP contribution in [0.3, 0.4) is 0 Å². The minimum atomic E-state index is -0.467. The Morgan fingerprint density at radius 1 is 1.23 bits per heavy atom. The van der Waals surface area contributed by atoms with E-state index in [0.717, 1.165) is 5.56 Å². The fraction of sp³-hybridized carbons (Fsp3) is 0.316. The summed E-state index contributed by atoms with van der Waals surface area (Å²) < 4.78 is 0. The number of benzene rings is 1. The molecule has 138 valence electrons. The fourth-order valence-corrected chi connectivity index (χ4v) is 3.01. The number of H-pyrrole nitrogens is 1. The standard InChI is InChI=1S/C19H23N3O4/c1-4-15-17(12(3)23)11(2)20-18(15)19(25)21-14-7-5-6-13(10-14)8-9-16(24)22-26/h5-7,10,20,26H,4,8-9H2,1-3H3,(H,21,25)(H,22,24). The van der Waals surface area contributed by atoms with Gasteiger partial charge < -0.3 is 10.3 Å². The largest absolute Gasteiger partial charge is 0.354 e. The molecule has 1 aromatic heterocycles. The molecule has 7 heteroatoms. The average molecular weight is 357 g/mol. The number of hydrogen-bond acceptors (Lipinski definition) is 4. The molecule has 0 saturated carbocycles. The molecule has 0 aliphatic rings. The van der Waals surface area contributed by atoms with E-state index in [-0.39, 0.29) is 18.1 Å². The van der Waals surface area contributed by atoms with Crippen molar-refractivity contribution < 1.29 is 19.6 Å². The number of hydrogen-bond donors (Lipinski definition) is 4. The Morgan fingerprint density at radius 3 is 2.58 bits per heavy atom. The zero-order valence-corrected chi connectivity index (χ0v) is 15.1. The van der Waals surface area contributed by atoms with Crippen LogP contribution in [0.4, 0.5) is 5.69 Å². The van der Waals surface area contributed by atoms with Crippen LogP contribution in [0.5, 0.6) is 0 Å². The monoisotopic (exact) mass is 357 g/mol. The maximum Gasteiger partial charge on any atom is 0.272 e. The van der Waals surface area contributed by atoms with Crippen molar-refractivity contribution in [1.82, 2.24) is 10.5 Å². The molecule has 0 radical (unpaired) electrons. The number of carbonyl (C=O) groups is 3. The number of amides is 2. The Balaban J connectivity index is 2.19. The first-order valence-corrected chi connectivity index (χ1v) is 8.43. The average Bonchev–Trinajstić information content (AvgIpc) is 2.96. The van der Waals surface area contributed by atoms with E-state index in [1.165, 1.54) is 6.92 Å². The van der Waals surface area contributed by atoms with Gasteiger partial charge in [0.1, 0.15) is 5.69 Å². The lowest BCUT2D eigenvalue weighted by Gasteiger charge is -2.08. The number of aryl methyl sites for hydroxylation is 2. The third kappa shape index (κ3) is 4.37. The summed E-state index contributed by atoms with van der Waals surface area (Å²) in [6, 6.07) is 7.14. The van der Waals surface area contributed by atoms with Crippen molar-refractivity contribution in [2.45, 2.75) is 40.0 Å². The molecule has 2 rings (SSSR count). The van der Waals surface area contributed by atoms with Crippen molar-refractivity contribution in [3.05, 3.63) is 52.3 Å². The van der Waals surface area contributed by atoms with E-state index in [2.05, 4.69) is 10.3 Å². The van der Waals surface area contributed by atoms with Gasteiger partial charge >= 0.3 is 0 Å². The van der Waals surface area contributed by atoms with Crippen LogP contribution in [0, 0.1) is 6.92 Å². The number of anilines is 1. The van der Waals surface area contributed by atoms with Crippen LogP contribution in [0.1, 0.15) is 57.9 Å². The van der Waals surface area contributed by atoms with Gasteiger partial charge in [-0.3, -0.25) is 19.6 Å². The molecular formula is C19H23N3O4. The number of Topliss-reactive ketones (excluding diaryl/α,β-unsaturated/α-hetero) is 1. The van der Waals surface area contributed by atoms with Gasteiger partial charge in [-0.1, -0.05) is 19.1 Å². The molecule has 2 aromatic rings. The Kier molecular flexibility index (Phi) is 6.30. The molecule has 0 atom stereocenters. The summed E-state index contributed by atoms with van der Waals surface area (Å²) in [6.07, 6.45) is 1.15. The first-order valence-electron chi connectivity index (χ1n) is 8.43. The van der Waals surface area contributed by atoms with Crippen molar-refractivity contribution in [2.75, 3.05) is 5.32 Å². The van der Waals surface area contributed by atoms with Gasteiger partial charge in [-0.05, 0) is 49.9 Å². The zero-order chi connectivity index (χ0) is 19.3. The molecule has 1 aromatic carbocycles. The minimum absolute atomic E-state index is 0.0705. The number of nitrogens with one attached hydrogen (secondary N) is 3. The first-order chi connectivity index (χ1) is 12.4. The van der Waals surface area contributed by atoms with E-state index in [4.69, 9.17) is 5.21 Å². The third-order valence-electron chi connectivity index (χ3n) is 4.17. The maximum absolute atomic E-state index is 12.7. The molecule has 26 heavy (non-hydrogen) atoms. The molecule has 1 heterocycles. The van der Waals surface area contributed by atoms with E-state index >= 15 is 0 Å². The molecule has 0 aliphatic carbocycles. The normalized spacial score (nSPS) is 10.5. The van der Waals surface area contributed by atoms with Crippen LogP contribution < -0.4 is 10.8 Å². The maximum atomic E-state index is 12.7. The summed E-state index contributed by atoms with van der Waals surface area (Å²) in [4.78, 5) is 38.6. The summed E-state index contributed by atoms with van der Waals surface area (Å²) in [5.41, 5.74) is 5.40. The molecule has 0 aliphatic heterocycles. The topological polar surface area (TPSA) is 111 Å². The Labute approximate surface area is 151 Å². The van der Waals surface area contributed by atoms with Crippen LogP contribution in [0.25, 0.3) is 0 Å². The molecule has 0 saturated heterocycles. The summed E-state index contributed by atoms with van der Waals surface area (Å²) >= 11 is 0. The van der Waals surface area contributed by atoms with Crippen molar-refractivity contribution in [2.24, 2.45) is 0 Å². The van der Waals surface area contributed by atoms with E-state index in [9.17, 15) is 14.4 Å². The highest BCUT2D eigenvalue weighted by Crippen LogP contribution is 2.22. The zero-order valence-electron chi connectivity index (χ0n) is 15.1. The van der Waals surface area contributed by atoms with Gasteiger partial charge in [-0.2, -0.15) is 0 Å². The summed E-state index contributed by atoms with van der Waals surface area (Å²) in [7, 11) is 0. The molecule has 2 amide bonds. The third-order valence-corrected chi connectivity index (χ3v) is 4.17. The number of hydroxylamine groups is 1. The summed E-state index contributed by atoms with van der Waals surface area (Å²) in [5.74, 6) is -0.854. The number of carbonyl (C=O) groups excluding carboxylic acids is 3. The van der Waals surface area contributed by atoms with Crippen molar-refractivity contribution in [1.29, 1.82) is 0 Å². The predicted molar refractivity (Wildman–Crippen MR) is 97.6 cm³/mol. The second kappa shape index (κ2) is 8.44. The van der Waals surface area contributed by atoms with E-state index in [1.807, 2.05) is 13.0 Å². The first kappa shape index (κ1) is 19.4. The van der Waals surface area contributed by atoms with Gasteiger partial charge in [0.05, 0.1) is 0 Å². The molecule has 4 N–H and O–H groups in total. The van der Waals surface area contributed by atoms with E-state index in [1.54, 1.807) is 30.6 Å². The molecule has 0 bridgehead atoms. The van der Waals surface area contributed by atoms with Gasteiger partial charge in [0, 0.05) is 23.4 Å². The second-order valence-corrected chi connectivity index (χ2v) is 6.08. The summed E-state index contributed by atoms with van der Waals surface area (Å²) in [5, 5.41) is 11.4. The lowest BCUT2D eigenvalue weighted by molar-refractivity contribution is -0.129. The Bertz CT molecular complexity index is 839.